The van der Waals surface area contributed by atoms with E-state index < -0.39 is 10.0 Å². The van der Waals surface area contributed by atoms with E-state index in [1.54, 1.807) is 6.07 Å². The Balaban J connectivity index is 2.26. The highest BCUT2D eigenvalue weighted by Gasteiger charge is 2.14. The van der Waals surface area contributed by atoms with Crippen LogP contribution >= 0.6 is 0 Å². The molecule has 6 nitrogen and oxygen atoms in total. The minimum absolute atomic E-state index is 0.0497. The average Bonchev–Trinajstić information content (AvgIpc) is 2.46. The molecule has 0 saturated heterocycles. The van der Waals surface area contributed by atoms with Gasteiger partial charge in [0.05, 0.1) is 0 Å². The fraction of sp³-hybridized carbons (Fsp3) is 0.0769. The van der Waals surface area contributed by atoms with Gasteiger partial charge in [0.25, 0.3) is 10.0 Å². The van der Waals surface area contributed by atoms with Crippen LogP contribution in [0.2, 0.25) is 0 Å². The van der Waals surface area contributed by atoms with Gasteiger partial charge in [-0.2, -0.15) is 0 Å². The van der Waals surface area contributed by atoms with E-state index in [4.69, 9.17) is 5.11 Å². The summed E-state index contributed by atoms with van der Waals surface area (Å²) in [6, 6.07) is 6.07. The van der Waals surface area contributed by atoms with E-state index in [-0.39, 0.29) is 17.3 Å². The molecular weight excluding hydrogens is 278 g/mol. The maximum Gasteiger partial charge on any atom is 0.264 e. The first-order valence-corrected chi connectivity index (χ1v) is 7.09. The number of aromatic nitrogens is 2. The molecule has 2 heterocycles. The summed E-state index contributed by atoms with van der Waals surface area (Å²) in [5.74, 6) is 5.30. The maximum absolute atomic E-state index is 12.1. The molecule has 20 heavy (non-hydrogen) atoms. The van der Waals surface area contributed by atoms with E-state index >= 15 is 0 Å². The Kier molecular flexibility index (Phi) is 4.30. The Labute approximate surface area is 116 Å². The van der Waals surface area contributed by atoms with Crippen molar-refractivity contribution in [2.75, 3.05) is 11.3 Å². The molecule has 0 spiro atoms. The number of hydrogen-bond acceptors (Lipinski definition) is 5. The lowest BCUT2D eigenvalue weighted by Gasteiger charge is -2.06. The molecule has 2 rings (SSSR count). The second-order valence-corrected chi connectivity index (χ2v) is 5.37. The predicted molar refractivity (Wildman–Crippen MR) is 73.2 cm³/mol. The zero-order valence-electron chi connectivity index (χ0n) is 10.3. The predicted octanol–water partition coefficient (Wildman–Crippen LogP) is 0.621. The van der Waals surface area contributed by atoms with Crippen molar-refractivity contribution in [2.45, 2.75) is 4.90 Å². The summed E-state index contributed by atoms with van der Waals surface area (Å²) in [6.07, 6.45) is 4.17. The normalized spacial score (nSPS) is 10.4. The number of nitrogens with zero attached hydrogens (tertiary/aromatic N) is 2. The van der Waals surface area contributed by atoms with Crippen LogP contribution in [-0.2, 0) is 10.0 Å². The van der Waals surface area contributed by atoms with Crippen molar-refractivity contribution in [3.63, 3.8) is 0 Å². The lowest BCUT2D eigenvalue weighted by atomic mass is 10.2. The van der Waals surface area contributed by atoms with Gasteiger partial charge >= 0.3 is 0 Å². The van der Waals surface area contributed by atoms with Crippen LogP contribution in [0.4, 0.5) is 5.82 Å². The minimum atomic E-state index is -3.72. The molecule has 0 bridgehead atoms. The first-order valence-electron chi connectivity index (χ1n) is 5.60. The van der Waals surface area contributed by atoms with Crippen molar-refractivity contribution in [1.29, 1.82) is 0 Å². The van der Waals surface area contributed by atoms with Gasteiger partial charge in [-0.3, -0.25) is 9.71 Å². The van der Waals surface area contributed by atoms with E-state index in [2.05, 4.69) is 26.5 Å². The van der Waals surface area contributed by atoms with Crippen LogP contribution in [-0.4, -0.2) is 30.1 Å². The van der Waals surface area contributed by atoms with Gasteiger partial charge in [-0.05, 0) is 24.3 Å². The molecule has 0 radical (unpaired) electrons. The van der Waals surface area contributed by atoms with Gasteiger partial charge in [-0.15, -0.1) is 0 Å². The summed E-state index contributed by atoms with van der Waals surface area (Å²) in [7, 11) is -3.72. The number of pyridine rings is 2. The Hall–Kier alpha value is -2.43. The molecule has 0 aliphatic heterocycles. The van der Waals surface area contributed by atoms with Gasteiger partial charge in [0.2, 0.25) is 0 Å². The van der Waals surface area contributed by atoms with Gasteiger partial charge in [-0.25, -0.2) is 13.4 Å². The maximum atomic E-state index is 12.1. The van der Waals surface area contributed by atoms with Crippen LogP contribution in [0.5, 0.6) is 0 Å². The minimum Gasteiger partial charge on any atom is -0.384 e. The van der Waals surface area contributed by atoms with Gasteiger partial charge in [0.15, 0.2) is 0 Å². The SMILES string of the molecule is O=S(=O)(Nc1cc(C#CCO)ccn1)c1cccnc1. The van der Waals surface area contributed by atoms with Crippen molar-refractivity contribution in [3.8, 4) is 11.8 Å². The number of hydrogen-bond donors (Lipinski definition) is 2. The monoisotopic (exact) mass is 289 g/mol. The van der Waals surface area contributed by atoms with E-state index in [1.807, 2.05) is 0 Å². The van der Waals surface area contributed by atoms with Crippen LogP contribution in [0.3, 0.4) is 0 Å². The molecule has 0 aromatic carbocycles. The largest absolute Gasteiger partial charge is 0.384 e. The summed E-state index contributed by atoms with van der Waals surface area (Å²) in [5, 5.41) is 8.62. The summed E-state index contributed by atoms with van der Waals surface area (Å²) in [5.41, 5.74) is 0.554. The highest BCUT2D eigenvalue weighted by molar-refractivity contribution is 7.92. The number of aliphatic hydroxyl groups excluding tert-OH is 1. The van der Waals surface area contributed by atoms with Crippen LogP contribution in [0, 0.1) is 11.8 Å². The molecule has 2 aromatic rings. The third-order valence-electron chi connectivity index (χ3n) is 2.26. The third-order valence-corrected chi connectivity index (χ3v) is 3.60. The molecule has 0 saturated carbocycles. The quantitative estimate of drug-likeness (QED) is 0.808. The summed E-state index contributed by atoms with van der Waals surface area (Å²) in [6.45, 7) is -0.265. The Morgan fingerprint density at radius 1 is 1.30 bits per heavy atom. The van der Waals surface area contributed by atoms with Gasteiger partial charge in [0.1, 0.15) is 17.3 Å². The molecule has 0 aliphatic rings. The first kappa shape index (κ1) is 14.0. The second kappa shape index (κ2) is 6.14. The van der Waals surface area contributed by atoms with Gasteiger partial charge < -0.3 is 5.11 Å². The topological polar surface area (TPSA) is 92.2 Å². The number of aliphatic hydroxyl groups is 1. The zero-order valence-corrected chi connectivity index (χ0v) is 11.1. The van der Waals surface area contributed by atoms with E-state index in [0.29, 0.717) is 5.56 Å². The van der Waals surface area contributed by atoms with E-state index in [1.165, 1.54) is 36.8 Å². The second-order valence-electron chi connectivity index (χ2n) is 3.68. The van der Waals surface area contributed by atoms with Gasteiger partial charge in [0, 0.05) is 24.2 Å². The fourth-order valence-corrected chi connectivity index (χ4v) is 2.37. The summed E-state index contributed by atoms with van der Waals surface area (Å²) < 4.78 is 26.5. The summed E-state index contributed by atoms with van der Waals surface area (Å²) >= 11 is 0. The number of nitrogens with one attached hydrogen (secondary N) is 1. The number of anilines is 1. The molecule has 0 fully saturated rings. The molecule has 7 heteroatoms. The van der Waals surface area contributed by atoms with Crippen LogP contribution in [0.15, 0.2) is 47.8 Å². The molecule has 102 valence electrons. The van der Waals surface area contributed by atoms with Crippen molar-refractivity contribution < 1.29 is 13.5 Å². The van der Waals surface area contributed by atoms with Crippen LogP contribution < -0.4 is 4.72 Å². The van der Waals surface area contributed by atoms with Crippen molar-refractivity contribution in [3.05, 3.63) is 48.4 Å². The molecule has 0 unspecified atom stereocenters. The lowest BCUT2D eigenvalue weighted by Crippen LogP contribution is -2.14. The van der Waals surface area contributed by atoms with Crippen molar-refractivity contribution in [1.82, 2.24) is 9.97 Å². The van der Waals surface area contributed by atoms with Crippen LogP contribution in [0.1, 0.15) is 5.56 Å². The number of sulfonamides is 1. The highest BCUT2D eigenvalue weighted by atomic mass is 32.2. The molecule has 0 atom stereocenters. The third kappa shape index (κ3) is 3.54. The zero-order chi connectivity index (χ0) is 14.4. The Morgan fingerprint density at radius 2 is 2.15 bits per heavy atom. The lowest BCUT2D eigenvalue weighted by molar-refractivity contribution is 0.350. The highest BCUT2D eigenvalue weighted by Crippen LogP contribution is 2.13. The molecular formula is C13H11N3O3S. The van der Waals surface area contributed by atoms with E-state index in [0.717, 1.165) is 0 Å². The molecule has 2 N–H and O–H groups in total. The standard InChI is InChI=1S/C13H11N3O3S/c17-8-2-3-11-5-7-15-13(9-11)16-20(18,19)12-4-1-6-14-10-12/h1,4-7,9-10,17H,8H2,(H,15,16). The smallest absolute Gasteiger partial charge is 0.264 e. The van der Waals surface area contributed by atoms with Crippen LogP contribution in [0.25, 0.3) is 0 Å². The average molecular weight is 289 g/mol. The fourth-order valence-electron chi connectivity index (χ4n) is 1.41. The molecule has 0 aliphatic carbocycles. The van der Waals surface area contributed by atoms with Crippen molar-refractivity contribution >= 4 is 15.8 Å². The first-order chi connectivity index (χ1) is 9.62. The van der Waals surface area contributed by atoms with Gasteiger partial charge in [-0.1, -0.05) is 11.8 Å². The van der Waals surface area contributed by atoms with E-state index in [9.17, 15) is 8.42 Å². The van der Waals surface area contributed by atoms with Crippen molar-refractivity contribution in [2.24, 2.45) is 0 Å². The Bertz CT molecular complexity index is 749. The number of rotatable bonds is 3. The molecule has 2 aromatic heterocycles. The summed E-state index contributed by atoms with van der Waals surface area (Å²) in [4.78, 5) is 7.73. The Morgan fingerprint density at radius 3 is 2.85 bits per heavy atom. The molecule has 0 amide bonds.